The van der Waals surface area contributed by atoms with Gasteiger partial charge in [-0.25, -0.2) is 0 Å². The minimum atomic E-state index is -4.76. The van der Waals surface area contributed by atoms with Gasteiger partial charge in [-0.2, -0.15) is 0 Å². The first-order valence-corrected chi connectivity index (χ1v) is 5.70. The molecule has 0 atom stereocenters. The van der Waals surface area contributed by atoms with Gasteiger partial charge in [0.15, 0.2) is 0 Å². The lowest BCUT2D eigenvalue weighted by atomic mass is 10.0. The fraction of sp³-hybridized carbons (Fsp3) is 0.143. The second kappa shape index (κ2) is 5.32. The van der Waals surface area contributed by atoms with Crippen molar-refractivity contribution >= 4 is 5.69 Å². The van der Waals surface area contributed by atoms with Crippen LogP contribution in [0.1, 0.15) is 0 Å². The molecule has 2 aromatic carbocycles. The van der Waals surface area contributed by atoms with Crippen LogP contribution in [0.2, 0.25) is 0 Å². The molecule has 3 nitrogen and oxygen atoms in total. The van der Waals surface area contributed by atoms with Crippen molar-refractivity contribution in [3.05, 3.63) is 42.5 Å². The number of alkyl halides is 3. The van der Waals surface area contributed by atoms with E-state index < -0.39 is 6.36 Å². The third kappa shape index (κ3) is 2.96. The standard InChI is InChI=1S/C14H12F3NO2/c1-19-12-8-4-6-10(13(12)18)9-5-2-3-7-11(9)20-14(15,16)17/h2-8H,18H2,1H3. The maximum Gasteiger partial charge on any atom is 0.573 e. The summed E-state index contributed by atoms with van der Waals surface area (Å²) in [5.41, 5.74) is 6.83. The summed E-state index contributed by atoms with van der Waals surface area (Å²) < 4.78 is 46.3. The Labute approximate surface area is 113 Å². The van der Waals surface area contributed by atoms with Crippen LogP contribution in [0.15, 0.2) is 42.5 Å². The number of benzene rings is 2. The van der Waals surface area contributed by atoms with E-state index in [1.54, 1.807) is 24.3 Å². The number of methoxy groups -OCH3 is 1. The van der Waals surface area contributed by atoms with Crippen LogP contribution in [0.3, 0.4) is 0 Å². The molecule has 0 heterocycles. The van der Waals surface area contributed by atoms with Crippen molar-refractivity contribution in [2.45, 2.75) is 6.36 Å². The molecule has 0 fully saturated rings. The number of halogens is 3. The summed E-state index contributed by atoms with van der Waals surface area (Å²) in [4.78, 5) is 0. The highest BCUT2D eigenvalue weighted by Gasteiger charge is 2.32. The second-order valence-electron chi connectivity index (χ2n) is 3.97. The largest absolute Gasteiger partial charge is 0.573 e. The Morgan fingerprint density at radius 3 is 2.15 bits per heavy atom. The monoisotopic (exact) mass is 283 g/mol. The van der Waals surface area contributed by atoms with E-state index in [1.165, 1.54) is 25.3 Å². The maximum absolute atomic E-state index is 12.4. The SMILES string of the molecule is COc1cccc(-c2ccccc2OC(F)(F)F)c1N. The first kappa shape index (κ1) is 14.0. The van der Waals surface area contributed by atoms with Crippen LogP contribution >= 0.6 is 0 Å². The maximum atomic E-state index is 12.4. The van der Waals surface area contributed by atoms with Crippen molar-refractivity contribution in [1.82, 2.24) is 0 Å². The first-order valence-electron chi connectivity index (χ1n) is 5.70. The predicted molar refractivity (Wildman–Crippen MR) is 69.5 cm³/mol. The van der Waals surface area contributed by atoms with Gasteiger partial charge in [-0.15, -0.1) is 13.2 Å². The van der Waals surface area contributed by atoms with E-state index in [-0.39, 0.29) is 17.0 Å². The predicted octanol–water partition coefficient (Wildman–Crippen LogP) is 3.84. The molecule has 0 aliphatic heterocycles. The lowest BCUT2D eigenvalue weighted by Gasteiger charge is -2.15. The Morgan fingerprint density at radius 1 is 0.900 bits per heavy atom. The number of ether oxygens (including phenoxy) is 2. The molecule has 0 aliphatic rings. The summed E-state index contributed by atoms with van der Waals surface area (Å²) in [7, 11) is 1.44. The van der Waals surface area contributed by atoms with Crippen LogP contribution < -0.4 is 15.2 Å². The van der Waals surface area contributed by atoms with Gasteiger partial charge in [0, 0.05) is 11.1 Å². The Balaban J connectivity index is 2.53. The summed E-state index contributed by atoms with van der Waals surface area (Å²) in [5.74, 6) is 0.0873. The van der Waals surface area contributed by atoms with Gasteiger partial charge in [0.25, 0.3) is 0 Å². The van der Waals surface area contributed by atoms with E-state index in [0.717, 1.165) is 0 Å². The molecule has 106 valence electrons. The Morgan fingerprint density at radius 2 is 1.50 bits per heavy atom. The Hall–Kier alpha value is -2.37. The van der Waals surface area contributed by atoms with Gasteiger partial charge in [0.05, 0.1) is 12.8 Å². The number of rotatable bonds is 3. The van der Waals surface area contributed by atoms with Gasteiger partial charge in [0.1, 0.15) is 11.5 Å². The number of nitrogen functional groups attached to an aromatic ring is 1. The fourth-order valence-electron chi connectivity index (χ4n) is 1.86. The molecule has 2 N–H and O–H groups in total. The van der Waals surface area contributed by atoms with E-state index in [0.29, 0.717) is 11.3 Å². The van der Waals surface area contributed by atoms with Gasteiger partial charge >= 0.3 is 6.36 Å². The first-order chi connectivity index (χ1) is 9.42. The van der Waals surface area contributed by atoms with Crippen LogP contribution in [0.4, 0.5) is 18.9 Å². The zero-order valence-electron chi connectivity index (χ0n) is 10.6. The van der Waals surface area contributed by atoms with Crippen molar-refractivity contribution < 1.29 is 22.6 Å². The van der Waals surface area contributed by atoms with Crippen molar-refractivity contribution in [1.29, 1.82) is 0 Å². The fourth-order valence-corrected chi connectivity index (χ4v) is 1.86. The van der Waals surface area contributed by atoms with E-state index in [1.807, 2.05) is 0 Å². The van der Waals surface area contributed by atoms with Gasteiger partial charge in [-0.05, 0) is 12.1 Å². The molecule has 6 heteroatoms. The molecule has 0 aliphatic carbocycles. The third-order valence-corrected chi connectivity index (χ3v) is 2.69. The van der Waals surface area contributed by atoms with Crippen LogP contribution in [0.25, 0.3) is 11.1 Å². The van der Waals surface area contributed by atoms with Gasteiger partial charge < -0.3 is 15.2 Å². The highest BCUT2D eigenvalue weighted by atomic mass is 19.4. The van der Waals surface area contributed by atoms with E-state index in [9.17, 15) is 13.2 Å². The quantitative estimate of drug-likeness (QED) is 0.870. The number of para-hydroxylation sites is 2. The molecule has 2 aromatic rings. The molecule has 0 amide bonds. The molecule has 0 unspecified atom stereocenters. The highest BCUT2D eigenvalue weighted by molar-refractivity contribution is 5.83. The smallest absolute Gasteiger partial charge is 0.495 e. The summed E-state index contributed by atoms with van der Waals surface area (Å²) in [6.07, 6.45) is -4.76. The minimum Gasteiger partial charge on any atom is -0.495 e. The van der Waals surface area contributed by atoms with E-state index in [2.05, 4.69) is 4.74 Å². The molecule has 0 saturated heterocycles. The van der Waals surface area contributed by atoms with Gasteiger partial charge in [0.2, 0.25) is 0 Å². The summed E-state index contributed by atoms with van der Waals surface area (Å²) in [5, 5.41) is 0. The molecule has 2 rings (SSSR count). The summed E-state index contributed by atoms with van der Waals surface area (Å²) >= 11 is 0. The molecule has 20 heavy (non-hydrogen) atoms. The zero-order valence-corrected chi connectivity index (χ0v) is 10.6. The molecule has 0 aromatic heterocycles. The van der Waals surface area contributed by atoms with E-state index >= 15 is 0 Å². The molecule has 0 bridgehead atoms. The van der Waals surface area contributed by atoms with Crippen LogP contribution in [-0.4, -0.2) is 13.5 Å². The second-order valence-corrected chi connectivity index (χ2v) is 3.97. The van der Waals surface area contributed by atoms with Crippen molar-refractivity contribution in [3.8, 4) is 22.6 Å². The zero-order chi connectivity index (χ0) is 14.8. The number of hydrogen-bond donors (Lipinski definition) is 1. The lowest BCUT2D eigenvalue weighted by Crippen LogP contribution is -2.17. The molecular formula is C14H12F3NO2. The van der Waals surface area contributed by atoms with Gasteiger partial charge in [-0.1, -0.05) is 30.3 Å². The topological polar surface area (TPSA) is 44.5 Å². The molecular weight excluding hydrogens is 271 g/mol. The normalized spacial score (nSPS) is 11.2. The number of nitrogens with two attached hydrogens (primary N) is 1. The molecule has 0 saturated carbocycles. The Bertz CT molecular complexity index is 612. The van der Waals surface area contributed by atoms with Crippen LogP contribution in [-0.2, 0) is 0 Å². The number of anilines is 1. The van der Waals surface area contributed by atoms with E-state index in [4.69, 9.17) is 10.5 Å². The average molecular weight is 283 g/mol. The average Bonchev–Trinajstić information content (AvgIpc) is 2.38. The molecule has 0 radical (unpaired) electrons. The van der Waals surface area contributed by atoms with Crippen molar-refractivity contribution in [2.75, 3.05) is 12.8 Å². The van der Waals surface area contributed by atoms with Crippen LogP contribution in [0.5, 0.6) is 11.5 Å². The Kier molecular flexibility index (Phi) is 3.74. The number of hydrogen-bond acceptors (Lipinski definition) is 3. The minimum absolute atomic E-state index is 0.251. The van der Waals surface area contributed by atoms with Crippen molar-refractivity contribution in [2.24, 2.45) is 0 Å². The van der Waals surface area contributed by atoms with Gasteiger partial charge in [-0.3, -0.25) is 0 Å². The highest BCUT2D eigenvalue weighted by Crippen LogP contribution is 2.39. The summed E-state index contributed by atoms with van der Waals surface area (Å²) in [6.45, 7) is 0. The van der Waals surface area contributed by atoms with Crippen LogP contribution in [0, 0.1) is 0 Å². The molecule has 0 spiro atoms. The van der Waals surface area contributed by atoms with Crippen molar-refractivity contribution in [3.63, 3.8) is 0 Å². The summed E-state index contributed by atoms with van der Waals surface area (Å²) in [6, 6.07) is 10.7. The third-order valence-electron chi connectivity index (χ3n) is 2.69. The lowest BCUT2D eigenvalue weighted by molar-refractivity contribution is -0.274.